The van der Waals surface area contributed by atoms with Crippen molar-refractivity contribution in [2.24, 2.45) is 0 Å². The van der Waals surface area contributed by atoms with Crippen LogP contribution in [0.3, 0.4) is 0 Å². The summed E-state index contributed by atoms with van der Waals surface area (Å²) in [5.41, 5.74) is 0.195. The first-order valence-corrected chi connectivity index (χ1v) is 8.44. The fourth-order valence-corrected chi connectivity index (χ4v) is 2.73. The number of nitrogens with zero attached hydrogens (tertiary/aromatic N) is 2. The normalized spacial score (nSPS) is 18.2. The molecule has 25 heavy (non-hydrogen) atoms. The van der Waals surface area contributed by atoms with Gasteiger partial charge >= 0.3 is 0 Å². The Bertz CT molecular complexity index is 748. The molecule has 2 aromatic rings. The molecule has 2 aromatic heterocycles. The Hall–Kier alpha value is -2.34. The van der Waals surface area contributed by atoms with Gasteiger partial charge in [0.15, 0.2) is 0 Å². The molecule has 6 nitrogen and oxygen atoms in total. The third kappa shape index (κ3) is 4.39. The van der Waals surface area contributed by atoms with Crippen LogP contribution in [-0.2, 0) is 4.74 Å². The second-order valence-corrected chi connectivity index (χ2v) is 7.16. The molecule has 1 fully saturated rings. The zero-order chi connectivity index (χ0) is 18.0. The second kappa shape index (κ2) is 6.88. The van der Waals surface area contributed by atoms with E-state index in [1.54, 1.807) is 23.2 Å². The van der Waals surface area contributed by atoms with Crippen molar-refractivity contribution < 1.29 is 18.7 Å². The highest BCUT2D eigenvalue weighted by atomic mass is 16.5. The minimum Gasteiger partial charge on any atom is -0.472 e. The molecule has 0 aromatic carbocycles. The first-order valence-electron chi connectivity index (χ1n) is 8.44. The summed E-state index contributed by atoms with van der Waals surface area (Å²) in [5.74, 6) is 1.98. The molecule has 0 spiro atoms. The highest BCUT2D eigenvalue weighted by Gasteiger charge is 2.28. The van der Waals surface area contributed by atoms with Gasteiger partial charge in [0.05, 0.1) is 13.2 Å². The largest absolute Gasteiger partial charge is 0.472 e. The maximum atomic E-state index is 12.9. The molecule has 0 aliphatic carbocycles. The number of pyridine rings is 1. The van der Waals surface area contributed by atoms with Crippen LogP contribution in [0, 0.1) is 6.92 Å². The Kier molecular flexibility index (Phi) is 4.81. The maximum Gasteiger partial charge on any atom is 0.254 e. The maximum absolute atomic E-state index is 12.9. The lowest BCUT2D eigenvalue weighted by atomic mass is 10.1. The number of furan rings is 1. The Morgan fingerprint density at radius 3 is 2.80 bits per heavy atom. The smallest absolute Gasteiger partial charge is 0.254 e. The summed E-state index contributed by atoms with van der Waals surface area (Å²) in [5, 5.41) is 0. The van der Waals surface area contributed by atoms with Gasteiger partial charge in [0.25, 0.3) is 5.91 Å². The molecular formula is C19H24N2O4. The van der Waals surface area contributed by atoms with Gasteiger partial charge in [0, 0.05) is 24.4 Å². The van der Waals surface area contributed by atoms with Crippen molar-refractivity contribution in [2.75, 3.05) is 19.7 Å². The third-order valence-corrected chi connectivity index (χ3v) is 3.82. The molecule has 0 saturated carbocycles. The number of rotatable bonds is 3. The number of hydrogen-bond donors (Lipinski definition) is 0. The van der Waals surface area contributed by atoms with Gasteiger partial charge in [-0.3, -0.25) is 4.79 Å². The van der Waals surface area contributed by atoms with Crippen LogP contribution in [0.1, 0.15) is 48.8 Å². The minimum atomic E-state index is -0.365. The van der Waals surface area contributed by atoms with Gasteiger partial charge in [-0.1, -0.05) is 0 Å². The number of carbonyl (C=O) groups excluding carboxylic acids is 1. The predicted octanol–water partition coefficient (Wildman–Crippen LogP) is 3.37. The molecule has 1 unspecified atom stereocenters. The standard InChI is InChI=1S/C19H24N2O4/c1-13-5-6-15(24-13)16-12-21(9-10-23-16)18(22)14-7-8-20-17(11-14)25-19(2,3)4/h5-8,11,16H,9-10,12H2,1-4H3. The SMILES string of the molecule is Cc1ccc(C2CN(C(=O)c3ccnc(OC(C)(C)C)c3)CCO2)o1. The molecule has 134 valence electrons. The lowest BCUT2D eigenvalue weighted by Crippen LogP contribution is -2.42. The van der Waals surface area contributed by atoms with E-state index in [-0.39, 0.29) is 17.6 Å². The van der Waals surface area contributed by atoms with Crippen LogP contribution in [0.2, 0.25) is 0 Å². The fourth-order valence-electron chi connectivity index (χ4n) is 2.73. The van der Waals surface area contributed by atoms with Gasteiger partial charge in [-0.25, -0.2) is 4.98 Å². The first-order chi connectivity index (χ1) is 11.8. The molecule has 0 N–H and O–H groups in total. The van der Waals surface area contributed by atoms with Crippen molar-refractivity contribution in [1.29, 1.82) is 0 Å². The van der Waals surface area contributed by atoms with E-state index in [9.17, 15) is 4.79 Å². The van der Waals surface area contributed by atoms with Crippen molar-refractivity contribution in [3.05, 3.63) is 47.5 Å². The van der Waals surface area contributed by atoms with E-state index in [4.69, 9.17) is 13.9 Å². The first kappa shape index (κ1) is 17.5. The molecule has 1 atom stereocenters. The summed E-state index contributed by atoms with van der Waals surface area (Å²) in [6.07, 6.45) is 1.36. The topological polar surface area (TPSA) is 64.8 Å². The average molecular weight is 344 g/mol. The number of aromatic nitrogens is 1. The summed E-state index contributed by atoms with van der Waals surface area (Å²) in [6.45, 7) is 9.22. The summed E-state index contributed by atoms with van der Waals surface area (Å²) in [7, 11) is 0. The molecule has 1 aliphatic rings. The van der Waals surface area contributed by atoms with E-state index >= 15 is 0 Å². The van der Waals surface area contributed by atoms with E-state index < -0.39 is 0 Å². The molecule has 1 saturated heterocycles. The van der Waals surface area contributed by atoms with Crippen LogP contribution >= 0.6 is 0 Å². The molecule has 6 heteroatoms. The van der Waals surface area contributed by atoms with Crippen molar-refractivity contribution in [3.8, 4) is 5.88 Å². The second-order valence-electron chi connectivity index (χ2n) is 7.16. The van der Waals surface area contributed by atoms with E-state index in [0.717, 1.165) is 11.5 Å². The van der Waals surface area contributed by atoms with Gasteiger partial charge < -0.3 is 18.8 Å². The van der Waals surface area contributed by atoms with Crippen LogP contribution in [-0.4, -0.2) is 41.1 Å². The Morgan fingerprint density at radius 1 is 1.32 bits per heavy atom. The lowest BCUT2D eigenvalue weighted by Gasteiger charge is -2.32. The highest BCUT2D eigenvalue weighted by molar-refractivity contribution is 5.94. The van der Waals surface area contributed by atoms with Gasteiger partial charge in [0.2, 0.25) is 5.88 Å². The van der Waals surface area contributed by atoms with Gasteiger partial charge in [0.1, 0.15) is 23.2 Å². The predicted molar refractivity (Wildman–Crippen MR) is 92.7 cm³/mol. The van der Waals surface area contributed by atoms with Crippen LogP contribution in [0.25, 0.3) is 0 Å². The zero-order valence-corrected chi connectivity index (χ0v) is 15.1. The molecule has 0 radical (unpaired) electrons. The van der Waals surface area contributed by atoms with Crippen molar-refractivity contribution in [3.63, 3.8) is 0 Å². The molecule has 3 rings (SSSR count). The number of hydrogen-bond acceptors (Lipinski definition) is 5. The quantitative estimate of drug-likeness (QED) is 0.854. The number of ether oxygens (including phenoxy) is 2. The van der Waals surface area contributed by atoms with Gasteiger partial charge in [-0.05, 0) is 45.9 Å². The fraction of sp³-hybridized carbons (Fsp3) is 0.474. The Labute approximate surface area is 147 Å². The van der Waals surface area contributed by atoms with E-state index in [1.165, 1.54) is 0 Å². The molecule has 1 aliphatic heterocycles. The Morgan fingerprint density at radius 2 is 2.12 bits per heavy atom. The summed E-state index contributed by atoms with van der Waals surface area (Å²) in [6, 6.07) is 7.20. The van der Waals surface area contributed by atoms with Crippen LogP contribution in [0.5, 0.6) is 5.88 Å². The molecule has 3 heterocycles. The van der Waals surface area contributed by atoms with E-state index in [1.807, 2.05) is 39.8 Å². The van der Waals surface area contributed by atoms with E-state index in [2.05, 4.69) is 4.98 Å². The van der Waals surface area contributed by atoms with Gasteiger partial charge in [-0.2, -0.15) is 0 Å². The summed E-state index contributed by atoms with van der Waals surface area (Å²) < 4.78 is 17.1. The monoisotopic (exact) mass is 344 g/mol. The van der Waals surface area contributed by atoms with Crippen LogP contribution < -0.4 is 4.74 Å². The van der Waals surface area contributed by atoms with E-state index in [0.29, 0.717) is 31.1 Å². The number of carbonyl (C=O) groups is 1. The zero-order valence-electron chi connectivity index (χ0n) is 15.1. The molecule has 0 bridgehead atoms. The highest BCUT2D eigenvalue weighted by Crippen LogP contribution is 2.25. The molecular weight excluding hydrogens is 320 g/mol. The summed E-state index contributed by atoms with van der Waals surface area (Å²) >= 11 is 0. The van der Waals surface area contributed by atoms with Gasteiger partial charge in [-0.15, -0.1) is 0 Å². The van der Waals surface area contributed by atoms with Crippen molar-refractivity contribution in [2.45, 2.75) is 39.4 Å². The van der Waals surface area contributed by atoms with Crippen molar-refractivity contribution in [1.82, 2.24) is 9.88 Å². The number of morpholine rings is 1. The molecule has 1 amide bonds. The van der Waals surface area contributed by atoms with Crippen molar-refractivity contribution >= 4 is 5.91 Å². The van der Waals surface area contributed by atoms with Crippen LogP contribution in [0.4, 0.5) is 0 Å². The number of aryl methyl sites for hydroxylation is 1. The minimum absolute atomic E-state index is 0.0577. The lowest BCUT2D eigenvalue weighted by molar-refractivity contribution is -0.0324. The summed E-state index contributed by atoms with van der Waals surface area (Å²) in [4.78, 5) is 18.8. The Balaban J connectivity index is 1.73. The number of amides is 1. The van der Waals surface area contributed by atoms with Crippen LogP contribution in [0.15, 0.2) is 34.9 Å². The average Bonchev–Trinajstić information content (AvgIpc) is 2.99. The third-order valence-electron chi connectivity index (χ3n) is 3.82.